The number of rotatable bonds is 5. The number of aryl methyl sites for hydroxylation is 1. The largest absolute Gasteiger partial charge is 0.416 e. The summed E-state index contributed by atoms with van der Waals surface area (Å²) in [5, 5.41) is 10.7. The standard InChI is InChI=1S/C21H22ClF3N6S/c1-13-6-17(22)31-18(13)19(27-12-28-31)29-10-20(11-29)7-16(8-20)30(32-26)9-14-2-4-15(5-3-14)21(23,24)25/h2-6,12,16H,7-11,26H2,1H3. The zero-order chi connectivity index (χ0) is 22.7. The first-order chi connectivity index (χ1) is 15.2. The van der Waals surface area contributed by atoms with E-state index in [1.807, 2.05) is 13.0 Å². The van der Waals surface area contributed by atoms with Crippen molar-refractivity contribution in [2.45, 2.75) is 38.5 Å². The van der Waals surface area contributed by atoms with Crippen LogP contribution < -0.4 is 10.0 Å². The maximum atomic E-state index is 12.8. The highest BCUT2D eigenvalue weighted by Crippen LogP contribution is 2.52. The van der Waals surface area contributed by atoms with E-state index in [9.17, 15) is 13.2 Å². The third kappa shape index (κ3) is 3.72. The van der Waals surface area contributed by atoms with E-state index in [-0.39, 0.29) is 5.41 Å². The molecule has 1 saturated heterocycles. The van der Waals surface area contributed by atoms with Crippen LogP contribution in [-0.4, -0.2) is 38.0 Å². The first kappa shape index (κ1) is 21.8. The smallest absolute Gasteiger partial charge is 0.354 e. The highest BCUT2D eigenvalue weighted by Gasteiger charge is 2.54. The zero-order valence-corrected chi connectivity index (χ0v) is 18.9. The highest BCUT2D eigenvalue weighted by atomic mass is 35.5. The normalized spacial score (nSPS) is 18.4. The van der Waals surface area contributed by atoms with E-state index >= 15 is 0 Å². The van der Waals surface area contributed by atoms with Crippen LogP contribution in [0, 0.1) is 12.3 Å². The summed E-state index contributed by atoms with van der Waals surface area (Å²) in [6, 6.07) is 7.48. The van der Waals surface area contributed by atoms with Crippen LogP contribution in [0.5, 0.6) is 0 Å². The number of aromatic nitrogens is 3. The number of halogens is 4. The number of anilines is 1. The van der Waals surface area contributed by atoms with E-state index in [0.29, 0.717) is 17.7 Å². The summed E-state index contributed by atoms with van der Waals surface area (Å²) in [4.78, 5) is 6.75. The van der Waals surface area contributed by atoms with Crippen molar-refractivity contribution in [1.29, 1.82) is 0 Å². The van der Waals surface area contributed by atoms with Crippen LogP contribution in [0.4, 0.5) is 19.0 Å². The van der Waals surface area contributed by atoms with Gasteiger partial charge in [0, 0.05) is 43.2 Å². The molecule has 170 valence electrons. The fourth-order valence-corrected chi connectivity index (χ4v) is 5.77. The van der Waals surface area contributed by atoms with Gasteiger partial charge in [0.05, 0.1) is 5.56 Å². The fraction of sp³-hybridized carbons (Fsp3) is 0.429. The Morgan fingerprint density at radius 1 is 1.25 bits per heavy atom. The van der Waals surface area contributed by atoms with Crippen LogP contribution in [0.1, 0.15) is 29.5 Å². The summed E-state index contributed by atoms with van der Waals surface area (Å²) in [5.74, 6) is 0.897. The molecule has 2 fully saturated rings. The van der Waals surface area contributed by atoms with Gasteiger partial charge in [-0.25, -0.2) is 13.8 Å². The molecule has 0 amide bonds. The molecule has 5 rings (SSSR count). The molecule has 3 aromatic rings. The SMILES string of the molecule is Cc1cc(Cl)n2ncnc(N3CC4(CC(N(Cc5ccc(C(F)(F)F)cc5)SN)C4)C3)c12. The molecule has 0 unspecified atom stereocenters. The Morgan fingerprint density at radius 2 is 1.94 bits per heavy atom. The van der Waals surface area contributed by atoms with Gasteiger partial charge in [0.15, 0.2) is 5.82 Å². The van der Waals surface area contributed by atoms with E-state index in [1.54, 1.807) is 4.52 Å². The van der Waals surface area contributed by atoms with Crippen LogP contribution >= 0.6 is 23.7 Å². The van der Waals surface area contributed by atoms with Gasteiger partial charge in [-0.05, 0) is 49.1 Å². The Balaban J connectivity index is 1.21. The lowest BCUT2D eigenvalue weighted by molar-refractivity contribution is -0.137. The minimum Gasteiger partial charge on any atom is -0.354 e. The molecule has 0 atom stereocenters. The van der Waals surface area contributed by atoms with Gasteiger partial charge in [-0.1, -0.05) is 23.7 Å². The van der Waals surface area contributed by atoms with Crippen molar-refractivity contribution in [1.82, 2.24) is 18.9 Å². The molecule has 2 aromatic heterocycles. The van der Waals surface area contributed by atoms with Gasteiger partial charge >= 0.3 is 6.18 Å². The Labute approximate surface area is 192 Å². The van der Waals surface area contributed by atoms with Gasteiger partial charge in [0.2, 0.25) is 0 Å². The summed E-state index contributed by atoms with van der Waals surface area (Å²) in [7, 11) is 0. The van der Waals surface area contributed by atoms with Crippen molar-refractivity contribution < 1.29 is 13.2 Å². The Bertz CT molecular complexity index is 1130. The second kappa shape index (κ2) is 7.79. The van der Waals surface area contributed by atoms with Gasteiger partial charge in [0.25, 0.3) is 0 Å². The van der Waals surface area contributed by atoms with Gasteiger partial charge in [-0.2, -0.15) is 18.3 Å². The topological polar surface area (TPSA) is 62.7 Å². The molecule has 3 heterocycles. The van der Waals surface area contributed by atoms with Crippen molar-refractivity contribution in [2.75, 3.05) is 18.0 Å². The summed E-state index contributed by atoms with van der Waals surface area (Å²) in [5.41, 5.74) is 2.38. The lowest BCUT2D eigenvalue weighted by atomic mass is 9.60. The number of nitrogens with zero attached hydrogens (tertiary/aromatic N) is 5. The third-order valence-corrected chi connectivity index (χ3v) is 7.50. The van der Waals surface area contributed by atoms with E-state index in [0.717, 1.165) is 72.7 Å². The van der Waals surface area contributed by atoms with E-state index < -0.39 is 11.7 Å². The second-order valence-electron chi connectivity index (χ2n) is 8.79. The molecular weight excluding hydrogens is 461 g/mol. The lowest BCUT2D eigenvalue weighted by Gasteiger charge is -2.61. The van der Waals surface area contributed by atoms with Crippen molar-refractivity contribution >= 4 is 35.1 Å². The predicted molar refractivity (Wildman–Crippen MR) is 119 cm³/mol. The molecular formula is C21H22ClF3N6S. The molecule has 1 aromatic carbocycles. The fourth-order valence-electron chi connectivity index (χ4n) is 4.94. The average molecular weight is 483 g/mol. The van der Waals surface area contributed by atoms with Gasteiger partial charge in [-0.3, -0.25) is 5.14 Å². The highest BCUT2D eigenvalue weighted by molar-refractivity contribution is 7.94. The second-order valence-corrected chi connectivity index (χ2v) is 9.85. The van der Waals surface area contributed by atoms with Crippen molar-refractivity contribution in [3.05, 3.63) is 58.5 Å². The van der Waals surface area contributed by atoms with E-state index in [2.05, 4.69) is 19.3 Å². The summed E-state index contributed by atoms with van der Waals surface area (Å²) in [6.45, 7) is 4.32. The Kier molecular flexibility index (Phi) is 5.31. The van der Waals surface area contributed by atoms with Crippen LogP contribution in [0.15, 0.2) is 36.7 Å². The molecule has 32 heavy (non-hydrogen) atoms. The minimum absolute atomic E-state index is 0.227. The molecule has 2 aliphatic rings. The molecule has 0 bridgehead atoms. The molecule has 6 nitrogen and oxygen atoms in total. The van der Waals surface area contributed by atoms with Gasteiger partial charge in [-0.15, -0.1) is 0 Å². The number of fused-ring (bicyclic) bond motifs is 1. The predicted octanol–water partition coefficient (Wildman–Crippen LogP) is 4.70. The lowest BCUT2D eigenvalue weighted by Crippen LogP contribution is -2.66. The third-order valence-electron chi connectivity index (χ3n) is 6.53. The van der Waals surface area contributed by atoms with Gasteiger partial charge in [0.1, 0.15) is 17.0 Å². The number of benzene rings is 1. The van der Waals surface area contributed by atoms with Gasteiger partial charge < -0.3 is 4.90 Å². The first-order valence-corrected chi connectivity index (χ1v) is 11.4. The molecule has 11 heteroatoms. The molecule has 1 spiro atoms. The number of alkyl halides is 3. The molecule has 2 N–H and O–H groups in total. The first-order valence-electron chi connectivity index (χ1n) is 10.2. The molecule has 0 radical (unpaired) electrons. The molecule has 1 aliphatic carbocycles. The molecule has 1 aliphatic heterocycles. The van der Waals surface area contributed by atoms with Crippen molar-refractivity contribution in [2.24, 2.45) is 10.6 Å². The number of hydrogen-bond acceptors (Lipinski definition) is 6. The van der Waals surface area contributed by atoms with Crippen LogP contribution in [-0.2, 0) is 12.7 Å². The number of hydrogen-bond donors (Lipinski definition) is 1. The maximum absolute atomic E-state index is 12.8. The summed E-state index contributed by atoms with van der Waals surface area (Å²) < 4.78 is 42.1. The Morgan fingerprint density at radius 3 is 2.56 bits per heavy atom. The summed E-state index contributed by atoms with van der Waals surface area (Å²) >= 11 is 7.41. The average Bonchev–Trinajstić information content (AvgIpc) is 2.99. The van der Waals surface area contributed by atoms with Crippen LogP contribution in [0.2, 0.25) is 5.15 Å². The van der Waals surface area contributed by atoms with Crippen LogP contribution in [0.25, 0.3) is 5.52 Å². The zero-order valence-electron chi connectivity index (χ0n) is 17.3. The van der Waals surface area contributed by atoms with E-state index in [4.69, 9.17) is 16.7 Å². The minimum atomic E-state index is -4.32. The van der Waals surface area contributed by atoms with Crippen molar-refractivity contribution in [3.63, 3.8) is 0 Å². The molecule has 1 saturated carbocycles. The maximum Gasteiger partial charge on any atom is 0.416 e. The number of nitrogens with two attached hydrogens (primary N) is 1. The van der Waals surface area contributed by atoms with E-state index in [1.165, 1.54) is 18.5 Å². The van der Waals surface area contributed by atoms with Crippen molar-refractivity contribution in [3.8, 4) is 0 Å². The monoisotopic (exact) mass is 482 g/mol. The van der Waals surface area contributed by atoms with Crippen LogP contribution in [0.3, 0.4) is 0 Å². The summed E-state index contributed by atoms with van der Waals surface area (Å²) in [6.07, 6.45) is -0.802. The Hall–Kier alpha value is -2.01. The quantitative estimate of drug-likeness (QED) is 0.532.